The van der Waals surface area contributed by atoms with Crippen molar-refractivity contribution in [2.24, 2.45) is 0 Å². The second-order valence-electron chi connectivity index (χ2n) is 5.01. The molecule has 17 heavy (non-hydrogen) atoms. The van der Waals surface area contributed by atoms with Gasteiger partial charge in [-0.2, -0.15) is 0 Å². The van der Waals surface area contributed by atoms with Gasteiger partial charge in [0.2, 0.25) is 0 Å². The van der Waals surface area contributed by atoms with Crippen LogP contribution in [0.25, 0.3) is 0 Å². The zero-order chi connectivity index (χ0) is 13.0. The van der Waals surface area contributed by atoms with Crippen molar-refractivity contribution < 1.29 is 4.74 Å². The zero-order valence-electron chi connectivity index (χ0n) is 12.0. The molecule has 0 saturated carbocycles. The first kappa shape index (κ1) is 14.0. The highest BCUT2D eigenvalue weighted by atomic mass is 16.5. The number of nitrogens with one attached hydrogen (secondary N) is 1. The molecule has 0 aliphatic carbocycles. The molecule has 1 N–H and O–H groups in total. The SMILES string of the molecule is COc1c(C)c(C)cc(C)c1CCNC(C)C. The molecule has 96 valence electrons. The molecule has 0 heterocycles. The first-order valence-corrected chi connectivity index (χ1v) is 6.34. The summed E-state index contributed by atoms with van der Waals surface area (Å²) in [6.07, 6.45) is 1.02. The molecule has 1 rings (SSSR count). The standard InChI is InChI=1S/C15H25NO/c1-10(2)16-8-7-14-12(4)9-11(3)13(5)15(14)17-6/h9-10,16H,7-8H2,1-6H3. The van der Waals surface area contributed by atoms with Crippen LogP contribution in [0.2, 0.25) is 0 Å². The van der Waals surface area contributed by atoms with Crippen molar-refractivity contribution in [3.63, 3.8) is 0 Å². The van der Waals surface area contributed by atoms with Gasteiger partial charge >= 0.3 is 0 Å². The Labute approximate surface area is 105 Å². The van der Waals surface area contributed by atoms with Crippen molar-refractivity contribution in [3.8, 4) is 5.75 Å². The van der Waals surface area contributed by atoms with Crippen molar-refractivity contribution in [1.82, 2.24) is 5.32 Å². The summed E-state index contributed by atoms with van der Waals surface area (Å²) < 4.78 is 5.57. The first-order valence-electron chi connectivity index (χ1n) is 6.34. The summed E-state index contributed by atoms with van der Waals surface area (Å²) in [6.45, 7) is 11.8. The van der Waals surface area contributed by atoms with E-state index in [9.17, 15) is 0 Å². The highest BCUT2D eigenvalue weighted by molar-refractivity contribution is 5.49. The number of hydrogen-bond acceptors (Lipinski definition) is 2. The summed E-state index contributed by atoms with van der Waals surface area (Å²) in [6, 6.07) is 2.79. The van der Waals surface area contributed by atoms with E-state index < -0.39 is 0 Å². The molecule has 0 amide bonds. The molecule has 0 aromatic heterocycles. The number of hydrogen-bond donors (Lipinski definition) is 1. The van der Waals surface area contributed by atoms with Gasteiger partial charge in [-0.25, -0.2) is 0 Å². The van der Waals surface area contributed by atoms with E-state index in [2.05, 4.69) is 46.0 Å². The molecule has 1 aromatic rings. The Morgan fingerprint density at radius 3 is 2.35 bits per heavy atom. The lowest BCUT2D eigenvalue weighted by Gasteiger charge is -2.17. The van der Waals surface area contributed by atoms with E-state index in [1.807, 2.05) is 0 Å². The number of rotatable bonds is 5. The van der Waals surface area contributed by atoms with Crippen LogP contribution in [-0.2, 0) is 6.42 Å². The molecule has 0 aliphatic rings. The van der Waals surface area contributed by atoms with Crippen LogP contribution in [0, 0.1) is 20.8 Å². The maximum Gasteiger partial charge on any atom is 0.125 e. The van der Waals surface area contributed by atoms with E-state index in [1.165, 1.54) is 22.3 Å². The predicted octanol–water partition coefficient (Wildman–Crippen LogP) is 3.16. The lowest BCUT2D eigenvalue weighted by Crippen LogP contribution is -2.25. The van der Waals surface area contributed by atoms with E-state index >= 15 is 0 Å². The van der Waals surface area contributed by atoms with E-state index in [-0.39, 0.29) is 0 Å². The Bertz CT molecular complexity index is 383. The van der Waals surface area contributed by atoms with Crippen LogP contribution in [0.3, 0.4) is 0 Å². The molecule has 1 aromatic carbocycles. The monoisotopic (exact) mass is 235 g/mol. The van der Waals surface area contributed by atoms with Crippen molar-refractivity contribution in [2.75, 3.05) is 13.7 Å². The maximum atomic E-state index is 5.57. The fourth-order valence-electron chi connectivity index (χ4n) is 2.18. The second kappa shape index (κ2) is 6.06. The zero-order valence-corrected chi connectivity index (χ0v) is 12.0. The van der Waals surface area contributed by atoms with Gasteiger partial charge < -0.3 is 10.1 Å². The molecule has 0 atom stereocenters. The van der Waals surface area contributed by atoms with Crippen molar-refractivity contribution >= 4 is 0 Å². The van der Waals surface area contributed by atoms with Gasteiger partial charge in [-0.15, -0.1) is 0 Å². The van der Waals surface area contributed by atoms with Gasteiger partial charge in [0.25, 0.3) is 0 Å². The summed E-state index contributed by atoms with van der Waals surface area (Å²) in [5.41, 5.74) is 5.23. The van der Waals surface area contributed by atoms with Crippen molar-refractivity contribution in [2.45, 2.75) is 47.1 Å². The first-order chi connectivity index (χ1) is 7.97. The largest absolute Gasteiger partial charge is 0.496 e. The average Bonchev–Trinajstić information content (AvgIpc) is 2.25. The number of methoxy groups -OCH3 is 1. The molecule has 0 saturated heterocycles. The molecule has 0 radical (unpaired) electrons. The summed E-state index contributed by atoms with van der Waals surface area (Å²) in [4.78, 5) is 0. The van der Waals surface area contributed by atoms with E-state index in [4.69, 9.17) is 4.74 Å². The third-order valence-electron chi connectivity index (χ3n) is 3.25. The van der Waals surface area contributed by atoms with Crippen LogP contribution < -0.4 is 10.1 Å². The number of aryl methyl sites for hydroxylation is 2. The smallest absolute Gasteiger partial charge is 0.125 e. The predicted molar refractivity (Wildman–Crippen MR) is 74.0 cm³/mol. The molecular formula is C15H25NO. The average molecular weight is 235 g/mol. The Morgan fingerprint density at radius 2 is 1.82 bits per heavy atom. The van der Waals surface area contributed by atoms with Gasteiger partial charge in [0.1, 0.15) is 5.75 Å². The molecule has 2 heteroatoms. The molecule has 2 nitrogen and oxygen atoms in total. The highest BCUT2D eigenvalue weighted by Gasteiger charge is 2.11. The molecule has 0 bridgehead atoms. The van der Waals surface area contributed by atoms with Crippen LogP contribution in [0.4, 0.5) is 0 Å². The van der Waals surface area contributed by atoms with Crippen LogP contribution >= 0.6 is 0 Å². The Hall–Kier alpha value is -1.02. The second-order valence-corrected chi connectivity index (χ2v) is 5.01. The number of benzene rings is 1. The van der Waals surface area contributed by atoms with Gasteiger partial charge in [-0.05, 0) is 56.0 Å². The van der Waals surface area contributed by atoms with Crippen molar-refractivity contribution in [3.05, 3.63) is 28.3 Å². The summed E-state index contributed by atoms with van der Waals surface area (Å²) in [7, 11) is 1.76. The summed E-state index contributed by atoms with van der Waals surface area (Å²) in [5.74, 6) is 1.06. The highest BCUT2D eigenvalue weighted by Crippen LogP contribution is 2.29. The lowest BCUT2D eigenvalue weighted by molar-refractivity contribution is 0.404. The van der Waals surface area contributed by atoms with E-state index in [0.717, 1.165) is 18.7 Å². The van der Waals surface area contributed by atoms with E-state index in [1.54, 1.807) is 7.11 Å². The molecule has 0 fully saturated rings. The fraction of sp³-hybridized carbons (Fsp3) is 0.600. The summed E-state index contributed by atoms with van der Waals surface area (Å²) >= 11 is 0. The van der Waals surface area contributed by atoms with Crippen LogP contribution in [-0.4, -0.2) is 19.7 Å². The van der Waals surface area contributed by atoms with Crippen LogP contribution in [0.5, 0.6) is 5.75 Å². The third-order valence-corrected chi connectivity index (χ3v) is 3.25. The van der Waals surface area contributed by atoms with Crippen LogP contribution in [0.1, 0.15) is 36.1 Å². The molecule has 0 unspecified atom stereocenters. The van der Waals surface area contributed by atoms with Gasteiger partial charge in [0.15, 0.2) is 0 Å². The minimum atomic E-state index is 0.535. The van der Waals surface area contributed by atoms with Gasteiger partial charge in [0.05, 0.1) is 7.11 Å². The normalized spacial score (nSPS) is 11.0. The maximum absolute atomic E-state index is 5.57. The quantitative estimate of drug-likeness (QED) is 0.846. The van der Waals surface area contributed by atoms with Crippen molar-refractivity contribution in [1.29, 1.82) is 0 Å². The van der Waals surface area contributed by atoms with Crippen LogP contribution in [0.15, 0.2) is 6.07 Å². The Kier molecular flexibility index (Phi) is 5.01. The topological polar surface area (TPSA) is 21.3 Å². The molecule has 0 aliphatic heterocycles. The minimum absolute atomic E-state index is 0.535. The number of ether oxygens (including phenoxy) is 1. The van der Waals surface area contributed by atoms with Gasteiger partial charge in [0, 0.05) is 6.04 Å². The summed E-state index contributed by atoms with van der Waals surface area (Å²) in [5, 5.41) is 3.45. The Morgan fingerprint density at radius 1 is 1.18 bits per heavy atom. The van der Waals surface area contributed by atoms with Gasteiger partial charge in [-0.1, -0.05) is 19.9 Å². The van der Waals surface area contributed by atoms with Gasteiger partial charge in [-0.3, -0.25) is 0 Å². The fourth-order valence-corrected chi connectivity index (χ4v) is 2.18. The third kappa shape index (κ3) is 3.47. The minimum Gasteiger partial charge on any atom is -0.496 e. The molecule has 0 spiro atoms. The molecular weight excluding hydrogens is 210 g/mol. The Balaban J connectivity index is 2.93. The lowest BCUT2D eigenvalue weighted by atomic mass is 9.97. The van der Waals surface area contributed by atoms with E-state index in [0.29, 0.717) is 6.04 Å².